The van der Waals surface area contributed by atoms with Gasteiger partial charge in [0.25, 0.3) is 5.91 Å². The molecule has 22 heavy (non-hydrogen) atoms. The van der Waals surface area contributed by atoms with Gasteiger partial charge < -0.3 is 19.7 Å². The smallest absolute Gasteiger partial charge is 0.408 e. The summed E-state index contributed by atoms with van der Waals surface area (Å²) >= 11 is 0. The zero-order valence-corrected chi connectivity index (χ0v) is 13.5. The fourth-order valence-corrected chi connectivity index (χ4v) is 2.05. The molecular formula is C15H21N3O4. The number of aromatic nitrogens is 1. The molecule has 1 aromatic heterocycles. The van der Waals surface area contributed by atoms with Gasteiger partial charge >= 0.3 is 6.09 Å². The van der Waals surface area contributed by atoms with Crippen molar-refractivity contribution in [2.45, 2.75) is 39.3 Å². The first-order valence-corrected chi connectivity index (χ1v) is 7.04. The van der Waals surface area contributed by atoms with Crippen molar-refractivity contribution in [3.63, 3.8) is 0 Å². The van der Waals surface area contributed by atoms with Crippen LogP contribution in [0.2, 0.25) is 0 Å². The fraction of sp³-hybridized carbons (Fsp3) is 0.533. The van der Waals surface area contributed by atoms with Crippen LogP contribution >= 0.6 is 0 Å². The van der Waals surface area contributed by atoms with Crippen molar-refractivity contribution in [3.8, 4) is 5.75 Å². The van der Waals surface area contributed by atoms with Gasteiger partial charge in [-0.1, -0.05) is 0 Å². The Balaban J connectivity index is 2.14. The molecule has 120 valence electrons. The molecule has 2 amide bonds. The van der Waals surface area contributed by atoms with Crippen LogP contribution in [-0.2, 0) is 9.53 Å². The van der Waals surface area contributed by atoms with E-state index in [1.807, 2.05) is 6.92 Å². The van der Waals surface area contributed by atoms with Crippen LogP contribution in [0.4, 0.5) is 10.5 Å². The summed E-state index contributed by atoms with van der Waals surface area (Å²) in [7, 11) is 1.62. The minimum absolute atomic E-state index is 0.0405. The van der Waals surface area contributed by atoms with Crippen molar-refractivity contribution < 1.29 is 19.1 Å². The highest BCUT2D eigenvalue weighted by molar-refractivity contribution is 6.00. The maximum absolute atomic E-state index is 12.4. The van der Waals surface area contributed by atoms with E-state index in [0.29, 0.717) is 11.4 Å². The highest BCUT2D eigenvalue weighted by atomic mass is 16.6. The highest BCUT2D eigenvalue weighted by Crippen LogP contribution is 2.30. The molecule has 2 heterocycles. The number of ether oxygens (including phenoxy) is 2. The Morgan fingerprint density at radius 3 is 2.82 bits per heavy atom. The first-order valence-electron chi connectivity index (χ1n) is 7.04. The molecule has 0 aliphatic carbocycles. The molecule has 7 heteroatoms. The molecule has 0 bridgehead atoms. The fourth-order valence-electron chi connectivity index (χ4n) is 2.05. The van der Waals surface area contributed by atoms with Crippen LogP contribution in [0.15, 0.2) is 12.3 Å². The number of likely N-dealkylation sites (N-methyl/N-ethyl adjacent to an activating group) is 1. The minimum Gasteiger partial charge on any atom is -0.489 e. The molecule has 2 rings (SSSR count). The van der Waals surface area contributed by atoms with Crippen LogP contribution in [0, 0.1) is 6.92 Å². The number of nitrogens with one attached hydrogen (secondary N) is 1. The molecular weight excluding hydrogens is 286 g/mol. The molecule has 1 aromatic rings. The lowest BCUT2D eigenvalue weighted by Gasteiger charge is -2.23. The van der Waals surface area contributed by atoms with E-state index in [-0.39, 0.29) is 12.5 Å². The SMILES string of the molecule is Cc1cc2c(cn1)N(C)C(=O)[C@@H](NC(=O)OC(C)(C)C)CO2. The van der Waals surface area contributed by atoms with Gasteiger partial charge in [-0.25, -0.2) is 4.79 Å². The number of carbonyl (C=O) groups excluding carboxylic acids is 2. The van der Waals surface area contributed by atoms with Gasteiger partial charge in [0, 0.05) is 18.8 Å². The maximum atomic E-state index is 12.4. The molecule has 0 aromatic carbocycles. The third-order valence-electron chi connectivity index (χ3n) is 3.07. The van der Waals surface area contributed by atoms with Crippen LogP contribution < -0.4 is 15.0 Å². The Hall–Kier alpha value is -2.31. The summed E-state index contributed by atoms with van der Waals surface area (Å²) in [6, 6.07) is 0.946. The molecule has 0 saturated heterocycles. The Morgan fingerprint density at radius 1 is 1.50 bits per heavy atom. The summed E-state index contributed by atoms with van der Waals surface area (Å²) in [5.41, 5.74) is 0.733. The van der Waals surface area contributed by atoms with Gasteiger partial charge in [0.05, 0.1) is 6.20 Å². The second-order valence-electron chi connectivity index (χ2n) is 6.20. The summed E-state index contributed by atoms with van der Waals surface area (Å²) in [6.45, 7) is 7.16. The van der Waals surface area contributed by atoms with Gasteiger partial charge in [-0.05, 0) is 27.7 Å². The Bertz CT molecular complexity index is 595. The van der Waals surface area contributed by atoms with Crippen molar-refractivity contribution in [1.82, 2.24) is 10.3 Å². The number of nitrogens with zero attached hydrogens (tertiary/aromatic N) is 2. The number of aryl methyl sites for hydroxylation is 1. The standard InChI is InChI=1S/C15H21N3O4/c1-9-6-12-11(7-16-9)18(5)13(19)10(8-21-12)17-14(20)22-15(2,3)4/h6-7,10H,8H2,1-5H3,(H,17,20)/t10-/m0/s1. The number of alkyl carbamates (subject to hydrolysis) is 1. The average Bonchev–Trinajstić information content (AvgIpc) is 2.49. The van der Waals surface area contributed by atoms with Crippen molar-refractivity contribution >= 4 is 17.7 Å². The lowest BCUT2D eigenvalue weighted by Crippen LogP contribution is -2.50. The zero-order valence-electron chi connectivity index (χ0n) is 13.5. The predicted molar refractivity (Wildman–Crippen MR) is 81.0 cm³/mol. The van der Waals surface area contributed by atoms with Crippen LogP contribution in [0.3, 0.4) is 0 Å². The number of carbonyl (C=O) groups is 2. The van der Waals surface area contributed by atoms with E-state index in [2.05, 4.69) is 10.3 Å². The Morgan fingerprint density at radius 2 is 2.18 bits per heavy atom. The number of hydrogen-bond donors (Lipinski definition) is 1. The third kappa shape index (κ3) is 3.66. The number of pyridine rings is 1. The minimum atomic E-state index is -0.812. The molecule has 1 atom stereocenters. The number of amides is 2. The van der Waals surface area contributed by atoms with E-state index in [1.165, 1.54) is 4.90 Å². The van der Waals surface area contributed by atoms with E-state index in [1.54, 1.807) is 40.1 Å². The number of fused-ring (bicyclic) bond motifs is 1. The Kier molecular flexibility index (Phi) is 4.25. The molecule has 1 aliphatic heterocycles. The zero-order chi connectivity index (χ0) is 16.5. The lowest BCUT2D eigenvalue weighted by molar-refractivity contribution is -0.120. The number of rotatable bonds is 1. The molecule has 0 saturated carbocycles. The summed E-state index contributed by atoms with van der Waals surface area (Å²) in [6.07, 6.45) is 0.932. The molecule has 0 unspecified atom stereocenters. The van der Waals surface area contributed by atoms with Crippen LogP contribution in [0.5, 0.6) is 5.75 Å². The molecule has 0 spiro atoms. The summed E-state index contributed by atoms with van der Waals surface area (Å²) in [5, 5.41) is 2.55. The quantitative estimate of drug-likeness (QED) is 0.853. The van der Waals surface area contributed by atoms with Crippen molar-refractivity contribution in [2.75, 3.05) is 18.6 Å². The van der Waals surface area contributed by atoms with Gasteiger partial charge in [-0.2, -0.15) is 0 Å². The summed E-state index contributed by atoms with van der Waals surface area (Å²) in [4.78, 5) is 29.9. The predicted octanol–water partition coefficient (Wildman–Crippen LogP) is 1.64. The van der Waals surface area contributed by atoms with Crippen LogP contribution in [0.1, 0.15) is 26.5 Å². The second-order valence-corrected chi connectivity index (χ2v) is 6.20. The monoisotopic (exact) mass is 307 g/mol. The van der Waals surface area contributed by atoms with E-state index >= 15 is 0 Å². The highest BCUT2D eigenvalue weighted by Gasteiger charge is 2.32. The second kappa shape index (κ2) is 5.82. The van der Waals surface area contributed by atoms with E-state index in [0.717, 1.165) is 5.69 Å². The molecule has 1 N–H and O–H groups in total. The first kappa shape index (κ1) is 16.1. The first-order chi connectivity index (χ1) is 10.2. The molecule has 1 aliphatic rings. The van der Waals surface area contributed by atoms with E-state index < -0.39 is 17.7 Å². The van der Waals surface area contributed by atoms with Crippen LogP contribution in [-0.4, -0.2) is 42.3 Å². The topological polar surface area (TPSA) is 80.8 Å². The van der Waals surface area contributed by atoms with Gasteiger partial charge in [-0.15, -0.1) is 0 Å². The largest absolute Gasteiger partial charge is 0.489 e. The van der Waals surface area contributed by atoms with Crippen molar-refractivity contribution in [2.24, 2.45) is 0 Å². The van der Waals surface area contributed by atoms with Crippen molar-refractivity contribution in [1.29, 1.82) is 0 Å². The van der Waals surface area contributed by atoms with Crippen molar-refractivity contribution in [3.05, 3.63) is 18.0 Å². The van der Waals surface area contributed by atoms with Gasteiger partial charge in [0.2, 0.25) is 0 Å². The van der Waals surface area contributed by atoms with Gasteiger partial charge in [-0.3, -0.25) is 9.78 Å². The van der Waals surface area contributed by atoms with Gasteiger partial charge in [0.15, 0.2) is 0 Å². The molecule has 0 radical (unpaired) electrons. The van der Waals surface area contributed by atoms with E-state index in [4.69, 9.17) is 9.47 Å². The normalized spacial score (nSPS) is 18.1. The molecule has 0 fully saturated rings. The van der Waals surface area contributed by atoms with Crippen LogP contribution in [0.25, 0.3) is 0 Å². The maximum Gasteiger partial charge on any atom is 0.408 e. The Labute approximate surface area is 129 Å². The number of anilines is 1. The summed E-state index contributed by atoms with van der Waals surface area (Å²) < 4.78 is 10.8. The summed E-state index contributed by atoms with van der Waals surface area (Å²) in [5.74, 6) is 0.284. The average molecular weight is 307 g/mol. The van der Waals surface area contributed by atoms with E-state index in [9.17, 15) is 9.59 Å². The third-order valence-corrected chi connectivity index (χ3v) is 3.07. The van der Waals surface area contributed by atoms with Gasteiger partial charge in [0.1, 0.15) is 29.7 Å². The lowest BCUT2D eigenvalue weighted by atomic mass is 10.2. The molecule has 7 nitrogen and oxygen atoms in total. The number of hydrogen-bond acceptors (Lipinski definition) is 5.